The third kappa shape index (κ3) is 5.18. The third-order valence-corrected chi connectivity index (χ3v) is 8.72. The van der Waals surface area contributed by atoms with E-state index >= 15 is 0 Å². The molecule has 0 spiro atoms. The Kier molecular flexibility index (Phi) is 7.32. The van der Waals surface area contributed by atoms with Crippen molar-refractivity contribution in [2.24, 2.45) is 13.0 Å². The van der Waals surface area contributed by atoms with Crippen LogP contribution in [0.4, 0.5) is 27.6 Å². The second-order valence-electron chi connectivity index (χ2n) is 10.5. The number of oxazole rings is 1. The number of thioether (sulfide) groups is 1. The third-order valence-electron chi connectivity index (χ3n) is 7.61. The number of hydrogen-bond donors (Lipinski definition) is 1. The van der Waals surface area contributed by atoms with Crippen LogP contribution >= 0.6 is 11.8 Å². The van der Waals surface area contributed by atoms with Crippen LogP contribution in [0.3, 0.4) is 0 Å². The van der Waals surface area contributed by atoms with Gasteiger partial charge in [-0.3, -0.25) is 4.98 Å². The highest BCUT2D eigenvalue weighted by Gasteiger charge is 2.62. The maximum absolute atomic E-state index is 13.8. The largest absolute Gasteiger partial charge is 0.463 e. The molecule has 1 N–H and O–H groups in total. The smallest absolute Gasteiger partial charge is 0.435 e. The van der Waals surface area contributed by atoms with Crippen molar-refractivity contribution in [1.82, 2.24) is 24.7 Å². The fourth-order valence-corrected chi connectivity index (χ4v) is 6.21. The van der Waals surface area contributed by atoms with Crippen LogP contribution in [0.15, 0.2) is 52.0 Å². The quantitative estimate of drug-likeness (QED) is 0.116. The minimum atomic E-state index is -5.79. The summed E-state index contributed by atoms with van der Waals surface area (Å²) in [5, 5.41) is 14.0. The number of aryl methyl sites for hydroxylation is 2. The maximum atomic E-state index is 13.8. The molecule has 0 bridgehead atoms. The van der Waals surface area contributed by atoms with Crippen LogP contribution in [0.5, 0.6) is 0 Å². The van der Waals surface area contributed by atoms with Crippen molar-refractivity contribution in [2.45, 2.75) is 49.9 Å². The van der Waals surface area contributed by atoms with E-state index < -0.39 is 18.0 Å². The fourth-order valence-electron chi connectivity index (χ4n) is 5.34. The summed E-state index contributed by atoms with van der Waals surface area (Å²) in [6.07, 6.45) is -2.73. The number of rotatable bonds is 7. The number of aromatic nitrogens is 5. The number of hydrogen-bond acceptors (Lipinski definition) is 7. The molecule has 220 valence electrons. The van der Waals surface area contributed by atoms with Gasteiger partial charge in [-0.05, 0) is 62.8 Å². The molecule has 5 aromatic rings. The molecular formula is C29H27F5N6OS. The zero-order valence-corrected chi connectivity index (χ0v) is 23.6. The van der Waals surface area contributed by atoms with Crippen molar-refractivity contribution in [3.63, 3.8) is 0 Å². The van der Waals surface area contributed by atoms with Crippen LogP contribution in [0.25, 0.3) is 33.4 Å². The molecule has 0 saturated carbocycles. The number of pyridine rings is 1. The molecule has 0 radical (unpaired) electrons. The molecule has 4 heterocycles. The van der Waals surface area contributed by atoms with Gasteiger partial charge in [0.15, 0.2) is 16.6 Å². The summed E-state index contributed by atoms with van der Waals surface area (Å²) in [4.78, 5) is 8.20. The fraction of sp³-hybridized carbons (Fsp3) is 0.379. The average Bonchev–Trinajstić information content (AvgIpc) is 3.48. The molecular weight excluding hydrogens is 575 g/mol. The van der Waals surface area contributed by atoms with Crippen LogP contribution < -0.4 is 5.32 Å². The van der Waals surface area contributed by atoms with E-state index in [1.807, 2.05) is 42.8 Å². The average molecular weight is 603 g/mol. The van der Waals surface area contributed by atoms with Crippen molar-refractivity contribution >= 4 is 39.5 Å². The summed E-state index contributed by atoms with van der Waals surface area (Å²) in [7, 11) is 1.95. The predicted molar refractivity (Wildman–Crippen MR) is 151 cm³/mol. The summed E-state index contributed by atoms with van der Waals surface area (Å²) in [5.41, 5.74) is 4.08. The zero-order chi connectivity index (χ0) is 29.6. The predicted octanol–water partition coefficient (Wildman–Crippen LogP) is 7.68. The first-order chi connectivity index (χ1) is 20.0. The van der Waals surface area contributed by atoms with Crippen LogP contribution in [0.1, 0.15) is 36.4 Å². The van der Waals surface area contributed by atoms with Crippen LogP contribution in [-0.2, 0) is 19.4 Å². The molecule has 0 aliphatic carbocycles. The highest BCUT2D eigenvalue weighted by molar-refractivity contribution is 7.99. The molecule has 42 heavy (non-hydrogen) atoms. The van der Waals surface area contributed by atoms with Gasteiger partial charge in [-0.2, -0.15) is 22.0 Å². The Bertz CT molecular complexity index is 1770. The lowest BCUT2D eigenvalue weighted by Gasteiger charge is -2.15. The summed E-state index contributed by atoms with van der Waals surface area (Å²) >= 11 is 1.63. The van der Waals surface area contributed by atoms with Gasteiger partial charge < -0.3 is 14.3 Å². The Morgan fingerprint density at radius 1 is 1.05 bits per heavy atom. The van der Waals surface area contributed by atoms with E-state index in [9.17, 15) is 22.0 Å². The number of alkyl halides is 5. The van der Waals surface area contributed by atoms with Gasteiger partial charge in [-0.15, -0.1) is 10.2 Å². The van der Waals surface area contributed by atoms with Crippen molar-refractivity contribution in [3.05, 3.63) is 59.6 Å². The Morgan fingerprint density at radius 3 is 2.69 bits per heavy atom. The second kappa shape index (κ2) is 10.8. The molecule has 13 heteroatoms. The number of anilines is 1. The maximum Gasteiger partial charge on any atom is 0.463 e. The van der Waals surface area contributed by atoms with Crippen LogP contribution in [0.2, 0.25) is 0 Å². The first-order valence-corrected chi connectivity index (χ1v) is 14.5. The van der Waals surface area contributed by atoms with E-state index in [0.717, 1.165) is 58.2 Å². The number of benzene rings is 2. The first kappa shape index (κ1) is 28.4. The molecule has 0 saturated heterocycles. The van der Waals surface area contributed by atoms with Crippen molar-refractivity contribution < 1.29 is 26.4 Å². The Labute approximate surface area is 241 Å². The van der Waals surface area contributed by atoms with Gasteiger partial charge in [-0.1, -0.05) is 30.0 Å². The summed E-state index contributed by atoms with van der Waals surface area (Å²) < 4.78 is 73.1. The molecule has 2 aromatic carbocycles. The standard InChI is InChI=1S/C29H27F5N6OS/c1-16-8-10-18-19(6-3-7-22(18)36-16)25-38-39-27(40(25)2)42-14-4-5-17-9-11-20-21(35-15-17)12-13-23-24(20)37-26(41-23)28(30,31)29(32,33)34/h3,6-8,10,12-13,17,35H,4-5,9,11,14-15H2,1-2H3. The molecule has 3 aromatic heterocycles. The van der Waals surface area contributed by atoms with E-state index in [1.54, 1.807) is 17.8 Å². The van der Waals surface area contributed by atoms with Crippen LogP contribution in [0, 0.1) is 12.8 Å². The molecule has 1 aliphatic rings. The highest BCUT2D eigenvalue weighted by atomic mass is 32.2. The van der Waals surface area contributed by atoms with Gasteiger partial charge in [0.2, 0.25) is 0 Å². The topological polar surface area (TPSA) is 81.7 Å². The number of nitrogens with one attached hydrogen (secondary N) is 1. The minimum absolute atomic E-state index is 0.0466. The van der Waals surface area contributed by atoms with E-state index in [2.05, 4.69) is 31.5 Å². The second-order valence-corrected chi connectivity index (χ2v) is 11.6. The number of fused-ring (bicyclic) bond motifs is 4. The lowest BCUT2D eigenvalue weighted by molar-refractivity contribution is -0.297. The lowest BCUT2D eigenvalue weighted by atomic mass is 9.96. The van der Waals surface area contributed by atoms with E-state index in [0.29, 0.717) is 24.2 Å². The summed E-state index contributed by atoms with van der Waals surface area (Å²) in [6.45, 7) is 2.62. The lowest BCUT2D eigenvalue weighted by Crippen LogP contribution is -2.33. The molecule has 0 fully saturated rings. The number of halogens is 5. The van der Waals surface area contributed by atoms with Crippen molar-refractivity contribution in [1.29, 1.82) is 0 Å². The molecule has 1 unspecified atom stereocenters. The number of nitrogens with zero attached hydrogens (tertiary/aromatic N) is 5. The molecule has 1 atom stereocenters. The molecule has 7 nitrogen and oxygen atoms in total. The van der Waals surface area contributed by atoms with Gasteiger partial charge >= 0.3 is 12.1 Å². The normalized spacial score (nSPS) is 16.0. The first-order valence-electron chi connectivity index (χ1n) is 13.5. The molecule has 1 aliphatic heterocycles. The van der Waals surface area contributed by atoms with Crippen molar-refractivity contribution in [2.75, 3.05) is 17.6 Å². The summed E-state index contributed by atoms with van der Waals surface area (Å²) in [5.74, 6) is -4.90. The van der Waals surface area contributed by atoms with Gasteiger partial charge in [-0.25, -0.2) is 4.98 Å². The van der Waals surface area contributed by atoms with Gasteiger partial charge in [0, 0.05) is 47.2 Å². The van der Waals surface area contributed by atoms with Gasteiger partial charge in [0.05, 0.1) is 5.52 Å². The van der Waals surface area contributed by atoms with E-state index in [1.165, 1.54) is 6.07 Å². The molecule has 6 rings (SSSR count). The monoisotopic (exact) mass is 602 g/mol. The Hall–Kier alpha value is -3.74. The minimum Gasteiger partial charge on any atom is -0.435 e. The zero-order valence-electron chi connectivity index (χ0n) is 22.8. The Morgan fingerprint density at radius 2 is 1.88 bits per heavy atom. The van der Waals surface area contributed by atoms with Crippen molar-refractivity contribution in [3.8, 4) is 11.4 Å². The van der Waals surface area contributed by atoms with E-state index in [-0.39, 0.29) is 17.0 Å². The van der Waals surface area contributed by atoms with E-state index in [4.69, 9.17) is 4.42 Å². The highest BCUT2D eigenvalue weighted by Crippen LogP contribution is 2.45. The Balaban J connectivity index is 1.08. The van der Waals surface area contributed by atoms with Gasteiger partial charge in [0.1, 0.15) is 5.52 Å². The SMILES string of the molecule is Cc1ccc2c(-c3nnc(SCCCC4CCc5c(ccc6oc(C(F)(F)C(F)(F)F)nc56)NC4)n3C)cccc2n1. The summed E-state index contributed by atoms with van der Waals surface area (Å²) in [6, 6.07) is 13.0. The van der Waals surface area contributed by atoms with Gasteiger partial charge in [0.25, 0.3) is 5.89 Å². The van der Waals surface area contributed by atoms with Crippen LogP contribution in [-0.4, -0.2) is 43.2 Å². The molecule has 0 amide bonds.